The van der Waals surface area contributed by atoms with Crippen LogP contribution in [0, 0.1) is 0 Å². The van der Waals surface area contributed by atoms with E-state index in [0.717, 1.165) is 11.8 Å². The zero-order valence-electron chi connectivity index (χ0n) is 10.4. The topological polar surface area (TPSA) is 80.9 Å². The number of hydrogen-bond donors (Lipinski definition) is 1. The summed E-state index contributed by atoms with van der Waals surface area (Å²) in [6.45, 7) is 0. The van der Waals surface area contributed by atoms with E-state index < -0.39 is 18.6 Å². The first-order valence-electron chi connectivity index (χ1n) is 5.68. The predicted octanol–water partition coefficient (Wildman–Crippen LogP) is 2.41. The lowest BCUT2D eigenvalue weighted by Gasteiger charge is -2.06. The summed E-state index contributed by atoms with van der Waals surface area (Å²) in [6.07, 6.45) is -5.17. The number of aromatic nitrogens is 4. The van der Waals surface area contributed by atoms with E-state index in [4.69, 9.17) is 5.11 Å². The second-order valence-electron chi connectivity index (χ2n) is 3.94. The monoisotopic (exact) mass is 318 g/mol. The number of carboxylic acids is 1. The number of benzene rings is 1. The summed E-state index contributed by atoms with van der Waals surface area (Å²) in [5.41, 5.74) is 0.567. The quantitative estimate of drug-likeness (QED) is 0.853. The molecule has 0 radical (unpaired) electrons. The lowest BCUT2D eigenvalue weighted by atomic mass is 10.2. The van der Waals surface area contributed by atoms with Gasteiger partial charge in [-0.3, -0.25) is 0 Å². The minimum Gasteiger partial charge on any atom is -0.478 e. The standard InChI is InChI=1S/C11H9F3N4O2S/c12-11(13,14)5-6-21-10-15-16-17-18(10)8-3-1-7(2-4-8)9(19)20/h1-4H,5-6H2,(H,19,20). The van der Waals surface area contributed by atoms with Crippen LogP contribution in [0.3, 0.4) is 0 Å². The molecular weight excluding hydrogens is 309 g/mol. The van der Waals surface area contributed by atoms with Crippen LogP contribution in [0.2, 0.25) is 0 Å². The second kappa shape index (κ2) is 6.12. The van der Waals surface area contributed by atoms with Crippen molar-refractivity contribution in [3.63, 3.8) is 0 Å². The minimum absolute atomic E-state index is 0.0955. The highest BCUT2D eigenvalue weighted by Crippen LogP contribution is 2.25. The van der Waals surface area contributed by atoms with Gasteiger partial charge in [0.25, 0.3) is 0 Å². The Hall–Kier alpha value is -2.10. The Morgan fingerprint density at radius 2 is 1.95 bits per heavy atom. The molecule has 0 saturated carbocycles. The highest BCUT2D eigenvalue weighted by atomic mass is 32.2. The van der Waals surface area contributed by atoms with Gasteiger partial charge in [0, 0.05) is 5.75 Å². The van der Waals surface area contributed by atoms with E-state index in [-0.39, 0.29) is 16.5 Å². The van der Waals surface area contributed by atoms with Crippen LogP contribution in [0.4, 0.5) is 13.2 Å². The van der Waals surface area contributed by atoms with Gasteiger partial charge in [0.1, 0.15) is 0 Å². The molecule has 2 aromatic rings. The summed E-state index contributed by atoms with van der Waals surface area (Å²) in [5, 5.41) is 19.8. The highest BCUT2D eigenvalue weighted by Gasteiger charge is 2.26. The van der Waals surface area contributed by atoms with Crippen LogP contribution in [0.1, 0.15) is 16.8 Å². The third-order valence-electron chi connectivity index (χ3n) is 2.42. The van der Waals surface area contributed by atoms with Crippen LogP contribution in [0.15, 0.2) is 29.4 Å². The fourth-order valence-electron chi connectivity index (χ4n) is 1.43. The van der Waals surface area contributed by atoms with E-state index in [2.05, 4.69) is 15.5 Å². The lowest BCUT2D eigenvalue weighted by Crippen LogP contribution is -2.08. The normalized spacial score (nSPS) is 11.6. The Morgan fingerprint density at radius 1 is 1.29 bits per heavy atom. The molecule has 6 nitrogen and oxygen atoms in total. The number of nitrogens with zero attached hydrogens (tertiary/aromatic N) is 4. The van der Waals surface area contributed by atoms with Crippen LogP contribution >= 0.6 is 11.8 Å². The van der Waals surface area contributed by atoms with E-state index in [0.29, 0.717) is 5.69 Å². The van der Waals surface area contributed by atoms with E-state index in [1.54, 1.807) is 0 Å². The largest absolute Gasteiger partial charge is 0.478 e. The van der Waals surface area contributed by atoms with Crippen molar-refractivity contribution >= 4 is 17.7 Å². The zero-order chi connectivity index (χ0) is 15.5. The van der Waals surface area contributed by atoms with Gasteiger partial charge in [-0.1, -0.05) is 11.8 Å². The van der Waals surface area contributed by atoms with E-state index in [9.17, 15) is 18.0 Å². The number of thioether (sulfide) groups is 1. The molecule has 0 saturated heterocycles. The molecule has 0 atom stereocenters. The number of carboxylic acid groups (broad SMARTS) is 1. The lowest BCUT2D eigenvalue weighted by molar-refractivity contribution is -0.129. The van der Waals surface area contributed by atoms with Gasteiger partial charge in [-0.15, -0.1) is 5.10 Å². The molecule has 0 bridgehead atoms. The first-order chi connectivity index (χ1) is 9.87. The van der Waals surface area contributed by atoms with Gasteiger partial charge in [-0.05, 0) is 34.7 Å². The summed E-state index contributed by atoms with van der Waals surface area (Å²) >= 11 is 0.876. The molecule has 0 aliphatic rings. The third kappa shape index (κ3) is 4.18. The van der Waals surface area contributed by atoms with Gasteiger partial charge >= 0.3 is 12.1 Å². The van der Waals surface area contributed by atoms with Gasteiger partial charge in [-0.25, -0.2) is 4.79 Å². The van der Waals surface area contributed by atoms with Gasteiger partial charge in [0.15, 0.2) is 0 Å². The number of alkyl halides is 3. The first-order valence-corrected chi connectivity index (χ1v) is 6.67. The molecule has 0 fully saturated rings. The molecule has 1 aromatic heterocycles. The zero-order valence-corrected chi connectivity index (χ0v) is 11.2. The molecular formula is C11H9F3N4O2S. The van der Waals surface area contributed by atoms with Gasteiger partial charge in [-0.2, -0.15) is 17.9 Å². The van der Waals surface area contributed by atoms with E-state index >= 15 is 0 Å². The Morgan fingerprint density at radius 3 is 2.52 bits per heavy atom. The SMILES string of the molecule is O=C(O)c1ccc(-n2nnnc2SCCC(F)(F)F)cc1. The van der Waals surface area contributed by atoms with Crippen LogP contribution in [0.25, 0.3) is 5.69 Å². The van der Waals surface area contributed by atoms with Crippen molar-refractivity contribution < 1.29 is 23.1 Å². The first kappa shape index (κ1) is 15.3. The number of hydrogen-bond acceptors (Lipinski definition) is 5. The minimum atomic E-state index is -4.23. The molecule has 0 amide bonds. The van der Waals surface area contributed by atoms with Gasteiger partial charge in [0.05, 0.1) is 17.7 Å². The maximum Gasteiger partial charge on any atom is 0.389 e. The molecule has 112 valence electrons. The summed E-state index contributed by atoms with van der Waals surface area (Å²) in [4.78, 5) is 10.7. The van der Waals surface area contributed by atoms with E-state index in [1.165, 1.54) is 28.9 Å². The van der Waals surface area contributed by atoms with Crippen LogP contribution in [-0.4, -0.2) is 43.2 Å². The molecule has 0 unspecified atom stereocenters. The van der Waals surface area contributed by atoms with Crippen LogP contribution in [-0.2, 0) is 0 Å². The second-order valence-corrected chi connectivity index (χ2v) is 5.00. The van der Waals surface area contributed by atoms with Crippen molar-refractivity contribution in [3.8, 4) is 5.69 Å². The summed E-state index contributed by atoms with van der Waals surface area (Å²) < 4.78 is 37.6. The van der Waals surface area contributed by atoms with Crippen molar-refractivity contribution in [1.29, 1.82) is 0 Å². The Kier molecular flexibility index (Phi) is 4.46. The van der Waals surface area contributed by atoms with Crippen molar-refractivity contribution in [2.45, 2.75) is 17.8 Å². The van der Waals surface area contributed by atoms with Crippen LogP contribution < -0.4 is 0 Å². The fraction of sp³-hybridized carbons (Fsp3) is 0.273. The van der Waals surface area contributed by atoms with Crippen molar-refractivity contribution in [2.24, 2.45) is 0 Å². The van der Waals surface area contributed by atoms with Crippen LogP contribution in [0.5, 0.6) is 0 Å². The number of carbonyl (C=O) groups is 1. The fourth-order valence-corrected chi connectivity index (χ4v) is 2.31. The van der Waals surface area contributed by atoms with Crippen molar-refractivity contribution in [1.82, 2.24) is 20.2 Å². The predicted molar refractivity (Wildman–Crippen MR) is 67.5 cm³/mol. The molecule has 1 aromatic carbocycles. The third-order valence-corrected chi connectivity index (χ3v) is 3.34. The molecule has 0 aliphatic carbocycles. The number of tetrazole rings is 1. The number of halogens is 3. The average Bonchev–Trinajstić information content (AvgIpc) is 2.86. The molecule has 1 heterocycles. The number of rotatable bonds is 5. The smallest absolute Gasteiger partial charge is 0.389 e. The maximum absolute atomic E-state index is 12.1. The van der Waals surface area contributed by atoms with E-state index in [1.807, 2.05) is 0 Å². The van der Waals surface area contributed by atoms with Gasteiger partial charge < -0.3 is 5.11 Å². The summed E-state index contributed by atoms with van der Waals surface area (Å²) in [7, 11) is 0. The number of aromatic carboxylic acids is 1. The average molecular weight is 318 g/mol. The Bertz CT molecular complexity index is 627. The maximum atomic E-state index is 12.1. The molecule has 2 rings (SSSR count). The molecule has 10 heteroatoms. The van der Waals surface area contributed by atoms with Crippen molar-refractivity contribution in [3.05, 3.63) is 29.8 Å². The molecule has 21 heavy (non-hydrogen) atoms. The summed E-state index contributed by atoms with van der Waals surface area (Å²) in [5.74, 6) is -1.27. The summed E-state index contributed by atoms with van der Waals surface area (Å²) in [6, 6.07) is 5.69. The Balaban J connectivity index is 2.10. The molecule has 0 aliphatic heterocycles. The molecule has 0 spiro atoms. The Labute approximate surface area is 121 Å². The molecule has 1 N–H and O–H groups in total. The van der Waals surface area contributed by atoms with Gasteiger partial charge in [0.2, 0.25) is 5.16 Å². The van der Waals surface area contributed by atoms with Crippen molar-refractivity contribution in [2.75, 3.05) is 5.75 Å². The highest BCUT2D eigenvalue weighted by molar-refractivity contribution is 7.99.